The van der Waals surface area contributed by atoms with E-state index < -0.39 is 0 Å². The van der Waals surface area contributed by atoms with Crippen LogP contribution in [0.25, 0.3) is 0 Å². The van der Waals surface area contributed by atoms with Crippen LogP contribution in [0.1, 0.15) is 34.8 Å². The van der Waals surface area contributed by atoms with Gasteiger partial charge in [0.25, 0.3) is 0 Å². The molecule has 0 fully saturated rings. The summed E-state index contributed by atoms with van der Waals surface area (Å²) < 4.78 is 4.70. The Morgan fingerprint density at radius 2 is 2.16 bits per heavy atom. The Kier molecular flexibility index (Phi) is 4.00. The van der Waals surface area contributed by atoms with Crippen molar-refractivity contribution in [2.75, 3.05) is 7.11 Å². The fourth-order valence-corrected chi connectivity index (χ4v) is 2.45. The van der Waals surface area contributed by atoms with Gasteiger partial charge in [-0.3, -0.25) is 9.59 Å². The number of esters is 1. The van der Waals surface area contributed by atoms with Gasteiger partial charge in [-0.2, -0.15) is 0 Å². The van der Waals surface area contributed by atoms with Gasteiger partial charge in [0.15, 0.2) is 5.78 Å². The molecule has 2 atom stereocenters. The number of carbonyl (C=O) groups excluding carboxylic acids is 2. The van der Waals surface area contributed by atoms with Crippen LogP contribution in [-0.2, 0) is 22.4 Å². The molecule has 0 spiro atoms. The van der Waals surface area contributed by atoms with Crippen molar-refractivity contribution in [3.63, 3.8) is 0 Å². The lowest BCUT2D eigenvalue weighted by atomic mass is 9.94. The van der Waals surface area contributed by atoms with Gasteiger partial charge in [-0.05, 0) is 24.0 Å². The summed E-state index contributed by atoms with van der Waals surface area (Å²) in [5, 5.41) is 0. The van der Waals surface area contributed by atoms with Crippen LogP contribution in [0.2, 0.25) is 0 Å². The van der Waals surface area contributed by atoms with Gasteiger partial charge in [0.05, 0.1) is 13.0 Å². The van der Waals surface area contributed by atoms with Crippen molar-refractivity contribution < 1.29 is 14.3 Å². The molecule has 0 heterocycles. The van der Waals surface area contributed by atoms with E-state index in [1.54, 1.807) is 6.92 Å². The first kappa shape index (κ1) is 13.7. The van der Waals surface area contributed by atoms with E-state index in [9.17, 15) is 9.59 Å². The molecule has 0 aliphatic heterocycles. The van der Waals surface area contributed by atoms with Crippen LogP contribution >= 0.6 is 0 Å². The molecule has 0 radical (unpaired) electrons. The molecule has 0 saturated heterocycles. The molecule has 2 rings (SSSR count). The van der Waals surface area contributed by atoms with Crippen molar-refractivity contribution in [1.29, 1.82) is 0 Å². The van der Waals surface area contributed by atoms with Gasteiger partial charge in [-0.1, -0.05) is 25.1 Å². The van der Waals surface area contributed by atoms with Crippen LogP contribution < -0.4 is 5.73 Å². The first-order valence-corrected chi connectivity index (χ1v) is 6.51. The van der Waals surface area contributed by atoms with Gasteiger partial charge in [-0.15, -0.1) is 0 Å². The summed E-state index contributed by atoms with van der Waals surface area (Å²) in [4.78, 5) is 23.0. The first-order valence-electron chi connectivity index (χ1n) is 6.51. The Hall–Kier alpha value is -1.68. The predicted molar refractivity (Wildman–Crippen MR) is 72.0 cm³/mol. The number of hydrogen-bond acceptors (Lipinski definition) is 4. The fraction of sp³-hybridized carbons (Fsp3) is 0.467. The summed E-state index contributed by atoms with van der Waals surface area (Å²) in [7, 11) is 1.37. The minimum absolute atomic E-state index is 0.216. The molecule has 2 N–H and O–H groups in total. The van der Waals surface area contributed by atoms with Crippen molar-refractivity contribution >= 4 is 11.8 Å². The third kappa shape index (κ3) is 2.84. The van der Waals surface area contributed by atoms with Gasteiger partial charge in [0.2, 0.25) is 0 Å². The van der Waals surface area contributed by atoms with Gasteiger partial charge in [0, 0.05) is 18.0 Å². The third-order valence-electron chi connectivity index (χ3n) is 3.78. The minimum atomic E-state index is -0.333. The number of rotatable bonds is 4. The summed E-state index contributed by atoms with van der Waals surface area (Å²) in [6, 6.07) is 5.55. The molecule has 0 bridgehead atoms. The summed E-state index contributed by atoms with van der Waals surface area (Å²) in [6.07, 6.45) is 2.02. The largest absolute Gasteiger partial charge is 0.469 e. The maximum Gasteiger partial charge on any atom is 0.309 e. The molecule has 4 heteroatoms. The third-order valence-corrected chi connectivity index (χ3v) is 3.78. The summed E-state index contributed by atoms with van der Waals surface area (Å²) in [6.45, 7) is 1.77. The molecule has 102 valence electrons. The lowest BCUT2D eigenvalue weighted by Gasteiger charge is -2.18. The topological polar surface area (TPSA) is 69.4 Å². The molecule has 4 nitrogen and oxygen atoms in total. The van der Waals surface area contributed by atoms with E-state index in [0.29, 0.717) is 12.8 Å². The van der Waals surface area contributed by atoms with Gasteiger partial charge in [0.1, 0.15) is 0 Å². The van der Waals surface area contributed by atoms with E-state index in [2.05, 4.69) is 0 Å². The number of fused-ring (bicyclic) bond motifs is 1. The lowest BCUT2D eigenvalue weighted by Crippen LogP contribution is -2.36. The van der Waals surface area contributed by atoms with E-state index >= 15 is 0 Å². The van der Waals surface area contributed by atoms with Crippen molar-refractivity contribution in [3.8, 4) is 0 Å². The van der Waals surface area contributed by atoms with Crippen molar-refractivity contribution in [2.45, 2.75) is 32.2 Å². The molecular formula is C15H19NO3. The molecule has 0 aromatic heterocycles. The van der Waals surface area contributed by atoms with Crippen LogP contribution in [0.4, 0.5) is 0 Å². The predicted octanol–water partition coefficient (Wildman–Crippen LogP) is 1.49. The monoisotopic (exact) mass is 261 g/mol. The molecule has 1 aromatic rings. The van der Waals surface area contributed by atoms with E-state index in [1.807, 2.05) is 18.2 Å². The number of nitrogens with two attached hydrogens (primary N) is 1. The SMILES string of the molecule is COC(=O)C(C)C(N)Cc1ccc2c(c1)CCC2=O. The second-order valence-corrected chi connectivity index (χ2v) is 5.09. The Labute approximate surface area is 112 Å². The number of methoxy groups -OCH3 is 1. The van der Waals surface area contributed by atoms with Crippen LogP contribution in [0.5, 0.6) is 0 Å². The number of hydrogen-bond donors (Lipinski definition) is 1. The van der Waals surface area contributed by atoms with E-state index in [1.165, 1.54) is 7.11 Å². The Morgan fingerprint density at radius 3 is 2.84 bits per heavy atom. The summed E-state index contributed by atoms with van der Waals surface area (Å²) in [5.41, 5.74) is 9.03. The number of aryl methyl sites for hydroxylation is 1. The molecule has 1 aliphatic rings. The quantitative estimate of drug-likeness (QED) is 0.834. The van der Waals surface area contributed by atoms with Crippen LogP contribution in [0.15, 0.2) is 18.2 Å². The maximum atomic E-state index is 11.5. The molecule has 1 aromatic carbocycles. The standard InChI is InChI=1S/C15H19NO3/c1-9(15(18)19-2)13(16)8-10-3-5-12-11(7-10)4-6-14(12)17/h3,5,7,9,13H,4,6,8,16H2,1-2H3. The van der Waals surface area contributed by atoms with E-state index in [0.717, 1.165) is 23.1 Å². The second kappa shape index (κ2) is 5.53. The Bertz CT molecular complexity index is 510. The second-order valence-electron chi connectivity index (χ2n) is 5.09. The minimum Gasteiger partial charge on any atom is -0.469 e. The Balaban J connectivity index is 2.08. The number of ether oxygens (including phenoxy) is 1. The highest BCUT2D eigenvalue weighted by Crippen LogP contribution is 2.23. The highest BCUT2D eigenvalue weighted by atomic mass is 16.5. The molecule has 19 heavy (non-hydrogen) atoms. The van der Waals surface area contributed by atoms with E-state index in [-0.39, 0.29) is 23.7 Å². The first-order chi connectivity index (χ1) is 9.02. The molecule has 2 unspecified atom stereocenters. The number of benzene rings is 1. The molecule has 0 amide bonds. The number of Topliss-reactive ketones (excluding diaryl/α,β-unsaturated/α-hetero) is 1. The highest BCUT2D eigenvalue weighted by Gasteiger charge is 2.23. The summed E-state index contributed by atoms with van der Waals surface area (Å²) >= 11 is 0. The average molecular weight is 261 g/mol. The zero-order valence-electron chi connectivity index (χ0n) is 11.3. The number of carbonyl (C=O) groups is 2. The number of ketones is 1. The maximum absolute atomic E-state index is 11.5. The molecular weight excluding hydrogens is 242 g/mol. The highest BCUT2D eigenvalue weighted by molar-refractivity contribution is 6.00. The van der Waals surface area contributed by atoms with Crippen molar-refractivity contribution in [1.82, 2.24) is 0 Å². The van der Waals surface area contributed by atoms with E-state index in [4.69, 9.17) is 10.5 Å². The van der Waals surface area contributed by atoms with Gasteiger partial charge in [-0.25, -0.2) is 0 Å². The average Bonchev–Trinajstić information content (AvgIpc) is 2.78. The van der Waals surface area contributed by atoms with Crippen LogP contribution in [0.3, 0.4) is 0 Å². The zero-order chi connectivity index (χ0) is 14.0. The van der Waals surface area contributed by atoms with Crippen molar-refractivity contribution in [3.05, 3.63) is 34.9 Å². The van der Waals surface area contributed by atoms with Crippen molar-refractivity contribution in [2.24, 2.45) is 11.7 Å². The van der Waals surface area contributed by atoms with Crippen LogP contribution in [-0.4, -0.2) is 24.9 Å². The Morgan fingerprint density at radius 1 is 1.42 bits per heavy atom. The zero-order valence-corrected chi connectivity index (χ0v) is 11.3. The van der Waals surface area contributed by atoms with Crippen LogP contribution in [0, 0.1) is 5.92 Å². The normalized spacial score (nSPS) is 16.9. The molecule has 0 saturated carbocycles. The smallest absolute Gasteiger partial charge is 0.309 e. The fourth-order valence-electron chi connectivity index (χ4n) is 2.45. The van der Waals surface area contributed by atoms with Gasteiger partial charge < -0.3 is 10.5 Å². The van der Waals surface area contributed by atoms with Gasteiger partial charge >= 0.3 is 5.97 Å². The lowest BCUT2D eigenvalue weighted by molar-refractivity contribution is -0.145. The molecule has 1 aliphatic carbocycles. The summed E-state index contributed by atoms with van der Waals surface area (Å²) in [5.74, 6) is -0.405.